The van der Waals surface area contributed by atoms with Crippen molar-refractivity contribution in [2.45, 2.75) is 45.6 Å². The Labute approximate surface area is 146 Å². The minimum atomic E-state index is -0.871. The average Bonchev–Trinajstić information content (AvgIpc) is 3.20. The number of carbonyl (C=O) groups excluding carboxylic acids is 1. The van der Waals surface area contributed by atoms with Crippen molar-refractivity contribution >= 4 is 23.2 Å². The number of carboxylic acids is 1. The standard InChI is InChI=1S/C18H24N2O3S/c1-9(16-20-12(8-24-16)18(2,3)4)19-15(21)13-10-5-6-11(7-10)14(13)17(22)23/h5-6,8-11,13-14H,7H2,1-4H3,(H,19,21)(H,22,23)/t9-,10-,11-,13+,14-/m0/s1. The lowest BCUT2D eigenvalue weighted by molar-refractivity contribution is -0.148. The molecular formula is C18H24N2O3S. The third kappa shape index (κ3) is 2.99. The molecule has 1 saturated carbocycles. The molecule has 0 unspecified atom stereocenters. The van der Waals surface area contributed by atoms with Gasteiger partial charge in [0.05, 0.1) is 23.6 Å². The van der Waals surface area contributed by atoms with E-state index < -0.39 is 17.8 Å². The molecule has 2 N–H and O–H groups in total. The maximum absolute atomic E-state index is 12.7. The zero-order valence-corrected chi connectivity index (χ0v) is 15.3. The van der Waals surface area contributed by atoms with Gasteiger partial charge >= 0.3 is 5.97 Å². The van der Waals surface area contributed by atoms with Crippen LogP contribution in [-0.4, -0.2) is 22.0 Å². The van der Waals surface area contributed by atoms with Gasteiger partial charge in [0.25, 0.3) is 0 Å². The topological polar surface area (TPSA) is 79.3 Å². The highest BCUT2D eigenvalue weighted by atomic mass is 32.1. The number of thiazole rings is 1. The summed E-state index contributed by atoms with van der Waals surface area (Å²) >= 11 is 1.54. The first kappa shape index (κ1) is 17.1. The first-order chi connectivity index (χ1) is 11.2. The second-order valence-corrected chi connectivity index (χ2v) is 8.78. The fourth-order valence-electron chi connectivity index (χ4n) is 3.72. The summed E-state index contributed by atoms with van der Waals surface area (Å²) in [7, 11) is 0. The molecule has 1 amide bonds. The fraction of sp³-hybridized carbons (Fsp3) is 0.611. The van der Waals surface area contributed by atoms with Gasteiger partial charge < -0.3 is 10.4 Å². The Morgan fingerprint density at radius 1 is 1.29 bits per heavy atom. The van der Waals surface area contributed by atoms with E-state index in [2.05, 4.69) is 31.1 Å². The van der Waals surface area contributed by atoms with Gasteiger partial charge in [0.2, 0.25) is 5.91 Å². The Hall–Kier alpha value is -1.69. The van der Waals surface area contributed by atoms with E-state index in [0.717, 1.165) is 17.1 Å². The van der Waals surface area contributed by atoms with Gasteiger partial charge in [-0.2, -0.15) is 0 Å². The molecule has 5 nitrogen and oxygen atoms in total. The molecule has 1 heterocycles. The number of nitrogens with zero attached hydrogens (tertiary/aromatic N) is 1. The Balaban J connectivity index is 1.71. The number of hydrogen-bond acceptors (Lipinski definition) is 4. The summed E-state index contributed by atoms with van der Waals surface area (Å²) < 4.78 is 0. The van der Waals surface area contributed by atoms with Crippen molar-refractivity contribution in [2.24, 2.45) is 23.7 Å². The largest absolute Gasteiger partial charge is 0.481 e. The van der Waals surface area contributed by atoms with E-state index in [-0.39, 0.29) is 29.2 Å². The number of aliphatic carboxylic acids is 1. The van der Waals surface area contributed by atoms with E-state index in [1.807, 2.05) is 24.5 Å². The van der Waals surface area contributed by atoms with Crippen LogP contribution in [0.15, 0.2) is 17.5 Å². The summed E-state index contributed by atoms with van der Waals surface area (Å²) in [6.07, 6.45) is 4.72. The van der Waals surface area contributed by atoms with E-state index in [4.69, 9.17) is 0 Å². The summed E-state index contributed by atoms with van der Waals surface area (Å²) in [5.74, 6) is -2.07. The Kier molecular flexibility index (Phi) is 4.28. The Bertz CT molecular complexity index is 689. The van der Waals surface area contributed by atoms with Crippen LogP contribution in [0.3, 0.4) is 0 Å². The minimum Gasteiger partial charge on any atom is -0.481 e. The van der Waals surface area contributed by atoms with E-state index in [9.17, 15) is 14.7 Å². The first-order valence-corrected chi connectivity index (χ1v) is 9.24. The number of carbonyl (C=O) groups is 2. The van der Waals surface area contributed by atoms with Crippen molar-refractivity contribution in [1.29, 1.82) is 0 Å². The lowest BCUT2D eigenvalue weighted by Gasteiger charge is -2.25. The van der Waals surface area contributed by atoms with Gasteiger partial charge in [-0.1, -0.05) is 32.9 Å². The van der Waals surface area contributed by atoms with Crippen molar-refractivity contribution in [3.8, 4) is 0 Å². The predicted molar refractivity (Wildman–Crippen MR) is 92.7 cm³/mol. The van der Waals surface area contributed by atoms with E-state index in [1.54, 1.807) is 0 Å². The van der Waals surface area contributed by atoms with Gasteiger partial charge in [0.1, 0.15) is 5.01 Å². The Morgan fingerprint density at radius 3 is 2.46 bits per heavy atom. The molecule has 130 valence electrons. The van der Waals surface area contributed by atoms with Gasteiger partial charge in [-0.15, -0.1) is 11.3 Å². The van der Waals surface area contributed by atoms with Crippen LogP contribution >= 0.6 is 11.3 Å². The predicted octanol–water partition coefficient (Wildman–Crippen LogP) is 3.14. The van der Waals surface area contributed by atoms with E-state index in [0.29, 0.717) is 0 Å². The van der Waals surface area contributed by atoms with Crippen LogP contribution in [0, 0.1) is 23.7 Å². The molecule has 0 radical (unpaired) electrons. The van der Waals surface area contributed by atoms with Crippen molar-refractivity contribution in [3.63, 3.8) is 0 Å². The van der Waals surface area contributed by atoms with E-state index in [1.165, 1.54) is 11.3 Å². The lowest BCUT2D eigenvalue weighted by atomic mass is 9.82. The molecule has 2 aliphatic carbocycles. The molecule has 6 heteroatoms. The van der Waals surface area contributed by atoms with Gasteiger partial charge in [-0.3, -0.25) is 9.59 Å². The van der Waals surface area contributed by atoms with Gasteiger partial charge in [-0.25, -0.2) is 4.98 Å². The second-order valence-electron chi connectivity index (χ2n) is 7.89. The first-order valence-electron chi connectivity index (χ1n) is 8.36. The second kappa shape index (κ2) is 5.99. The number of carboxylic acid groups (broad SMARTS) is 1. The minimum absolute atomic E-state index is 0.00841. The third-order valence-corrected chi connectivity index (χ3v) is 6.09. The molecule has 0 aliphatic heterocycles. The zero-order valence-electron chi connectivity index (χ0n) is 14.4. The lowest BCUT2D eigenvalue weighted by Crippen LogP contribution is -2.41. The molecule has 1 fully saturated rings. The van der Waals surface area contributed by atoms with Crippen LogP contribution in [0.25, 0.3) is 0 Å². The number of amides is 1. The van der Waals surface area contributed by atoms with Gasteiger partial charge in [0, 0.05) is 10.8 Å². The smallest absolute Gasteiger partial charge is 0.307 e. The van der Waals surface area contributed by atoms with Crippen molar-refractivity contribution in [2.75, 3.05) is 0 Å². The molecule has 24 heavy (non-hydrogen) atoms. The maximum atomic E-state index is 12.7. The molecule has 2 bridgehead atoms. The van der Waals surface area contributed by atoms with Crippen molar-refractivity contribution in [3.05, 3.63) is 28.2 Å². The van der Waals surface area contributed by atoms with Crippen LogP contribution in [0.2, 0.25) is 0 Å². The molecular weight excluding hydrogens is 324 g/mol. The quantitative estimate of drug-likeness (QED) is 0.819. The monoisotopic (exact) mass is 348 g/mol. The normalized spacial score (nSPS) is 29.7. The molecule has 0 saturated heterocycles. The summed E-state index contributed by atoms with van der Waals surface area (Å²) in [5, 5.41) is 15.3. The van der Waals surface area contributed by atoms with Crippen LogP contribution in [0.5, 0.6) is 0 Å². The fourth-order valence-corrected chi connectivity index (χ4v) is 4.77. The van der Waals surface area contributed by atoms with Crippen LogP contribution < -0.4 is 5.32 Å². The number of hydrogen-bond donors (Lipinski definition) is 2. The highest BCUT2D eigenvalue weighted by Gasteiger charge is 2.51. The number of rotatable bonds is 4. The summed E-state index contributed by atoms with van der Waals surface area (Å²) in [4.78, 5) is 28.9. The van der Waals surface area contributed by atoms with Gasteiger partial charge in [0.15, 0.2) is 0 Å². The molecule has 1 aromatic heterocycles. The molecule has 5 atom stereocenters. The van der Waals surface area contributed by atoms with Crippen molar-refractivity contribution in [1.82, 2.24) is 10.3 Å². The van der Waals surface area contributed by atoms with Crippen molar-refractivity contribution < 1.29 is 14.7 Å². The maximum Gasteiger partial charge on any atom is 0.307 e. The number of aromatic nitrogens is 1. The van der Waals surface area contributed by atoms with Crippen LogP contribution in [0.1, 0.15) is 50.9 Å². The Morgan fingerprint density at radius 2 is 1.92 bits per heavy atom. The highest BCUT2D eigenvalue weighted by Crippen LogP contribution is 2.48. The number of allylic oxidation sites excluding steroid dienone is 2. The van der Waals surface area contributed by atoms with Crippen LogP contribution in [0.4, 0.5) is 0 Å². The molecule has 2 aliphatic rings. The molecule has 3 rings (SSSR count). The van der Waals surface area contributed by atoms with Gasteiger partial charge in [-0.05, 0) is 25.2 Å². The zero-order chi connectivity index (χ0) is 17.6. The number of nitrogens with one attached hydrogen (secondary N) is 1. The average molecular weight is 348 g/mol. The number of fused-ring (bicyclic) bond motifs is 2. The van der Waals surface area contributed by atoms with Crippen LogP contribution in [-0.2, 0) is 15.0 Å². The summed E-state index contributed by atoms with van der Waals surface area (Å²) in [6, 6.07) is -0.212. The molecule has 0 spiro atoms. The highest BCUT2D eigenvalue weighted by molar-refractivity contribution is 7.09. The SMILES string of the molecule is C[C@H](NC(=O)[C@H]1[C@@H](C(=O)O)[C@H]2C=C[C@H]1C2)c1nc(C(C)(C)C)cs1. The summed E-state index contributed by atoms with van der Waals surface area (Å²) in [6.45, 7) is 8.22. The molecule has 0 aromatic carbocycles. The third-order valence-electron chi connectivity index (χ3n) is 5.07. The summed E-state index contributed by atoms with van der Waals surface area (Å²) in [5.41, 5.74) is 0.984. The van der Waals surface area contributed by atoms with E-state index >= 15 is 0 Å². The molecule has 1 aromatic rings.